The number of halogens is 1. The minimum absolute atomic E-state index is 0.153. The van der Waals surface area contributed by atoms with E-state index >= 15 is 0 Å². The van der Waals surface area contributed by atoms with Crippen LogP contribution in [0.2, 0.25) is 5.02 Å². The zero-order valence-corrected chi connectivity index (χ0v) is 20.1. The van der Waals surface area contributed by atoms with Crippen molar-refractivity contribution in [2.75, 3.05) is 19.7 Å². The maximum absolute atomic E-state index is 13.0. The summed E-state index contributed by atoms with van der Waals surface area (Å²) >= 11 is 7.96. The third-order valence-electron chi connectivity index (χ3n) is 6.11. The van der Waals surface area contributed by atoms with Gasteiger partial charge in [-0.3, -0.25) is 0 Å². The van der Waals surface area contributed by atoms with Gasteiger partial charge in [-0.25, -0.2) is 13.4 Å². The number of nitrogens with zero attached hydrogens (tertiary/aromatic N) is 3. The van der Waals surface area contributed by atoms with Crippen LogP contribution in [-0.2, 0) is 27.1 Å². The lowest BCUT2D eigenvalue weighted by Crippen LogP contribution is -2.27. The van der Waals surface area contributed by atoms with Crippen LogP contribution in [0.15, 0.2) is 52.5 Å². The lowest BCUT2D eigenvalue weighted by molar-refractivity contribution is 0.0960. The Morgan fingerprint density at radius 2 is 1.94 bits per heavy atom. The van der Waals surface area contributed by atoms with Crippen LogP contribution in [0.1, 0.15) is 31.2 Å². The largest absolute Gasteiger partial charge is 0.376 e. The van der Waals surface area contributed by atoms with E-state index < -0.39 is 10.0 Å². The molecule has 3 heterocycles. The minimum atomic E-state index is -3.48. The summed E-state index contributed by atoms with van der Waals surface area (Å²) in [6.07, 6.45) is 4.08. The summed E-state index contributed by atoms with van der Waals surface area (Å²) in [6.45, 7) is 2.68. The highest BCUT2D eigenvalue weighted by molar-refractivity contribution is 7.98. The monoisotopic (exact) mass is 491 g/mol. The van der Waals surface area contributed by atoms with Crippen molar-refractivity contribution >= 4 is 44.4 Å². The van der Waals surface area contributed by atoms with E-state index in [1.54, 1.807) is 28.2 Å². The molecule has 2 saturated heterocycles. The first-order valence-corrected chi connectivity index (χ1v) is 13.8. The van der Waals surface area contributed by atoms with Crippen LogP contribution in [0.25, 0.3) is 11.0 Å². The molecule has 0 aliphatic carbocycles. The molecular weight excluding hydrogens is 466 g/mol. The van der Waals surface area contributed by atoms with Gasteiger partial charge in [0.15, 0.2) is 5.16 Å². The van der Waals surface area contributed by atoms with Gasteiger partial charge in [-0.15, -0.1) is 0 Å². The predicted molar refractivity (Wildman–Crippen MR) is 128 cm³/mol. The Balaban J connectivity index is 1.49. The van der Waals surface area contributed by atoms with Crippen molar-refractivity contribution in [3.8, 4) is 0 Å². The average Bonchev–Trinajstić information content (AvgIpc) is 3.55. The van der Waals surface area contributed by atoms with Crippen LogP contribution >= 0.6 is 23.4 Å². The Hall–Kier alpha value is -1.58. The zero-order valence-electron chi connectivity index (χ0n) is 17.7. The maximum Gasteiger partial charge on any atom is 0.243 e. The number of rotatable bonds is 7. The first-order chi connectivity index (χ1) is 15.5. The van der Waals surface area contributed by atoms with Gasteiger partial charge in [-0.1, -0.05) is 41.6 Å². The van der Waals surface area contributed by atoms with E-state index in [0.717, 1.165) is 53.5 Å². The predicted octanol–water partition coefficient (Wildman–Crippen LogP) is 4.95. The minimum Gasteiger partial charge on any atom is -0.376 e. The molecule has 170 valence electrons. The molecule has 0 bridgehead atoms. The van der Waals surface area contributed by atoms with Crippen LogP contribution in [0, 0.1) is 0 Å². The Bertz CT molecular complexity index is 1220. The molecule has 0 spiro atoms. The van der Waals surface area contributed by atoms with Gasteiger partial charge in [0.25, 0.3) is 0 Å². The van der Waals surface area contributed by atoms with Gasteiger partial charge in [0.05, 0.1) is 28.6 Å². The van der Waals surface area contributed by atoms with Crippen LogP contribution in [0.3, 0.4) is 0 Å². The van der Waals surface area contributed by atoms with Gasteiger partial charge < -0.3 is 9.30 Å². The topological polar surface area (TPSA) is 64.4 Å². The first kappa shape index (κ1) is 22.2. The molecule has 2 aliphatic heterocycles. The van der Waals surface area contributed by atoms with Crippen molar-refractivity contribution in [2.24, 2.45) is 0 Å². The van der Waals surface area contributed by atoms with Gasteiger partial charge in [-0.2, -0.15) is 4.31 Å². The van der Waals surface area contributed by atoms with Gasteiger partial charge in [0.1, 0.15) is 0 Å². The third kappa shape index (κ3) is 4.43. The highest BCUT2D eigenvalue weighted by atomic mass is 35.5. The van der Waals surface area contributed by atoms with E-state index in [9.17, 15) is 8.42 Å². The van der Waals surface area contributed by atoms with E-state index in [1.165, 1.54) is 0 Å². The van der Waals surface area contributed by atoms with Crippen LogP contribution in [0.4, 0.5) is 0 Å². The highest BCUT2D eigenvalue weighted by Crippen LogP contribution is 2.32. The molecule has 6 nitrogen and oxygen atoms in total. The smallest absolute Gasteiger partial charge is 0.243 e. The van der Waals surface area contributed by atoms with Crippen molar-refractivity contribution < 1.29 is 13.2 Å². The second-order valence-electron chi connectivity index (χ2n) is 8.28. The Kier molecular flexibility index (Phi) is 6.49. The Labute approximate surface area is 198 Å². The molecule has 0 unspecified atom stereocenters. The maximum atomic E-state index is 13.0. The van der Waals surface area contributed by atoms with Gasteiger partial charge in [0, 0.05) is 30.5 Å². The summed E-state index contributed by atoms with van der Waals surface area (Å²) in [7, 11) is -3.48. The SMILES string of the molecule is O=S(=O)(c1ccc2c(c1)nc(SCc1ccccc1Cl)n2C[C@@H]1CCCO1)N1CCCC1. The van der Waals surface area contributed by atoms with E-state index in [2.05, 4.69) is 4.57 Å². The fourth-order valence-electron chi connectivity index (χ4n) is 4.36. The molecule has 0 saturated carbocycles. The number of hydrogen-bond donors (Lipinski definition) is 0. The van der Waals surface area contributed by atoms with Crippen molar-refractivity contribution in [3.05, 3.63) is 53.1 Å². The number of imidazole rings is 1. The Morgan fingerprint density at radius 3 is 2.69 bits per heavy atom. The van der Waals surface area contributed by atoms with Crippen molar-refractivity contribution in [1.82, 2.24) is 13.9 Å². The van der Waals surface area contributed by atoms with Crippen molar-refractivity contribution in [3.63, 3.8) is 0 Å². The van der Waals surface area contributed by atoms with E-state index in [1.807, 2.05) is 30.3 Å². The molecular formula is C23H26ClN3O3S2. The quantitative estimate of drug-likeness (QED) is 0.438. The summed E-state index contributed by atoms with van der Waals surface area (Å²) in [5.74, 6) is 0.688. The number of ether oxygens (including phenoxy) is 1. The summed E-state index contributed by atoms with van der Waals surface area (Å²) < 4.78 is 35.7. The van der Waals surface area contributed by atoms with Crippen molar-refractivity contribution in [1.29, 1.82) is 0 Å². The van der Waals surface area contributed by atoms with Crippen LogP contribution < -0.4 is 0 Å². The number of hydrogen-bond acceptors (Lipinski definition) is 5. The molecule has 32 heavy (non-hydrogen) atoms. The molecule has 1 aromatic heterocycles. The number of aromatic nitrogens is 2. The van der Waals surface area contributed by atoms with Gasteiger partial charge in [-0.05, 0) is 55.5 Å². The van der Waals surface area contributed by atoms with Crippen LogP contribution in [0.5, 0.6) is 0 Å². The summed E-state index contributed by atoms with van der Waals surface area (Å²) in [5, 5.41) is 1.59. The van der Waals surface area contributed by atoms with Gasteiger partial charge >= 0.3 is 0 Å². The fraction of sp³-hybridized carbons (Fsp3) is 0.435. The molecule has 2 fully saturated rings. The van der Waals surface area contributed by atoms with E-state index in [-0.39, 0.29) is 6.10 Å². The Morgan fingerprint density at radius 1 is 1.12 bits per heavy atom. The number of fused-ring (bicyclic) bond motifs is 1. The summed E-state index contributed by atoms with van der Waals surface area (Å²) in [5.41, 5.74) is 2.68. The molecule has 9 heteroatoms. The number of sulfonamides is 1. The fourth-order valence-corrected chi connectivity index (χ4v) is 7.21. The molecule has 2 aromatic carbocycles. The number of benzene rings is 2. The molecule has 0 amide bonds. The molecule has 3 aromatic rings. The van der Waals surface area contributed by atoms with E-state index in [0.29, 0.717) is 35.8 Å². The van der Waals surface area contributed by atoms with Gasteiger partial charge in [0.2, 0.25) is 10.0 Å². The second-order valence-corrected chi connectivity index (χ2v) is 11.6. The second kappa shape index (κ2) is 9.35. The van der Waals surface area contributed by atoms with Crippen LogP contribution in [-0.4, -0.2) is 48.1 Å². The van der Waals surface area contributed by atoms with E-state index in [4.69, 9.17) is 21.3 Å². The first-order valence-electron chi connectivity index (χ1n) is 11.0. The number of thioether (sulfide) groups is 1. The molecule has 0 radical (unpaired) electrons. The summed E-state index contributed by atoms with van der Waals surface area (Å²) in [6, 6.07) is 13.1. The normalized spacial score (nSPS) is 19.8. The summed E-state index contributed by atoms with van der Waals surface area (Å²) in [4.78, 5) is 5.16. The lowest BCUT2D eigenvalue weighted by Gasteiger charge is -2.16. The third-order valence-corrected chi connectivity index (χ3v) is 9.40. The highest BCUT2D eigenvalue weighted by Gasteiger charge is 2.28. The lowest BCUT2D eigenvalue weighted by atomic mass is 10.2. The molecule has 0 N–H and O–H groups in total. The van der Waals surface area contributed by atoms with Crippen molar-refractivity contribution in [2.45, 2.75) is 54.1 Å². The molecule has 5 rings (SSSR count). The molecule has 1 atom stereocenters. The average molecular weight is 492 g/mol. The zero-order chi connectivity index (χ0) is 22.1. The molecule has 2 aliphatic rings. The standard InChI is InChI=1S/C23H26ClN3O3S2/c24-20-8-2-1-6-17(20)16-31-23-25-21-14-19(32(28,29)26-11-3-4-12-26)9-10-22(21)27(23)15-18-7-5-13-30-18/h1-2,6,8-10,14,18H,3-5,7,11-13,15-16H2/t18-/m0/s1.